The van der Waals surface area contributed by atoms with Gasteiger partial charge in [-0.05, 0) is 51.2 Å². The summed E-state index contributed by atoms with van der Waals surface area (Å²) in [7, 11) is -3.45. The smallest absolute Gasteiger partial charge is 0.244 e. The quantitative estimate of drug-likeness (QED) is 0.802. The van der Waals surface area contributed by atoms with Crippen molar-refractivity contribution in [3.63, 3.8) is 0 Å². The van der Waals surface area contributed by atoms with Crippen molar-refractivity contribution >= 4 is 15.8 Å². The third-order valence-corrected chi connectivity index (χ3v) is 5.64. The minimum atomic E-state index is -3.45. The maximum Gasteiger partial charge on any atom is 0.244 e. The van der Waals surface area contributed by atoms with Crippen molar-refractivity contribution in [3.05, 3.63) is 18.3 Å². The fourth-order valence-corrected chi connectivity index (χ4v) is 3.83. The normalized spacial score (nSPS) is 15.7. The second kappa shape index (κ2) is 6.75. The summed E-state index contributed by atoms with van der Waals surface area (Å²) in [4.78, 5) is 4.48. The molecule has 0 amide bonds. The molecule has 0 aromatic carbocycles. The fourth-order valence-electron chi connectivity index (χ4n) is 2.17. The number of hydrogen-bond donors (Lipinski definition) is 1. The zero-order valence-electron chi connectivity index (χ0n) is 13.0. The van der Waals surface area contributed by atoms with Crippen LogP contribution in [0.5, 0.6) is 0 Å². The van der Waals surface area contributed by atoms with Gasteiger partial charge in [0, 0.05) is 25.3 Å². The Morgan fingerprint density at radius 3 is 2.57 bits per heavy atom. The first-order valence-electron chi connectivity index (χ1n) is 7.67. The maximum absolute atomic E-state index is 12.7. The molecule has 1 saturated carbocycles. The van der Waals surface area contributed by atoms with Crippen molar-refractivity contribution in [1.29, 1.82) is 0 Å². The van der Waals surface area contributed by atoms with E-state index in [-0.39, 0.29) is 10.9 Å². The van der Waals surface area contributed by atoms with E-state index in [9.17, 15) is 8.42 Å². The molecule has 1 aliphatic rings. The Balaban J connectivity index is 2.16. The highest BCUT2D eigenvalue weighted by molar-refractivity contribution is 7.89. The van der Waals surface area contributed by atoms with E-state index in [0.29, 0.717) is 18.3 Å². The molecular formula is C15H25N3O2S. The largest absolute Gasteiger partial charge is 0.370 e. The van der Waals surface area contributed by atoms with Crippen molar-refractivity contribution < 1.29 is 8.42 Å². The summed E-state index contributed by atoms with van der Waals surface area (Å²) in [6, 6.07) is 3.34. The van der Waals surface area contributed by atoms with Crippen LogP contribution in [-0.4, -0.2) is 36.8 Å². The standard InChI is InChI=1S/C15H25N3O2S/c1-4-9-16-15-8-7-14(10-17-15)21(19,20)18(12(2)3)11-13-5-6-13/h7-8,10,12-13H,4-6,9,11H2,1-3H3,(H,16,17). The van der Waals surface area contributed by atoms with Gasteiger partial charge in [-0.15, -0.1) is 0 Å². The maximum atomic E-state index is 12.7. The van der Waals surface area contributed by atoms with Gasteiger partial charge in [0.05, 0.1) is 0 Å². The van der Waals surface area contributed by atoms with Gasteiger partial charge in [-0.25, -0.2) is 13.4 Å². The molecule has 0 bridgehead atoms. The molecule has 1 heterocycles. The van der Waals surface area contributed by atoms with Gasteiger partial charge in [0.1, 0.15) is 10.7 Å². The number of sulfonamides is 1. The van der Waals surface area contributed by atoms with Crippen LogP contribution in [-0.2, 0) is 10.0 Å². The molecule has 5 nitrogen and oxygen atoms in total. The molecular weight excluding hydrogens is 286 g/mol. The van der Waals surface area contributed by atoms with E-state index in [1.54, 1.807) is 16.4 Å². The summed E-state index contributed by atoms with van der Waals surface area (Å²) < 4.78 is 27.1. The first-order valence-corrected chi connectivity index (χ1v) is 9.11. The van der Waals surface area contributed by atoms with Crippen LogP contribution in [0.25, 0.3) is 0 Å². The Bertz CT molecular complexity index is 551. The molecule has 0 radical (unpaired) electrons. The molecule has 1 N–H and O–H groups in total. The molecule has 0 saturated heterocycles. The highest BCUT2D eigenvalue weighted by atomic mass is 32.2. The highest BCUT2D eigenvalue weighted by Crippen LogP contribution is 2.32. The average molecular weight is 311 g/mol. The Labute approximate surface area is 127 Å². The first-order chi connectivity index (χ1) is 9.95. The molecule has 1 aromatic heterocycles. The van der Waals surface area contributed by atoms with Crippen LogP contribution in [0.4, 0.5) is 5.82 Å². The number of hydrogen-bond acceptors (Lipinski definition) is 4. The fraction of sp³-hybridized carbons (Fsp3) is 0.667. The summed E-state index contributed by atoms with van der Waals surface area (Å²) in [6.45, 7) is 7.37. The Morgan fingerprint density at radius 2 is 2.10 bits per heavy atom. The van der Waals surface area contributed by atoms with Gasteiger partial charge in [0.25, 0.3) is 0 Å². The lowest BCUT2D eigenvalue weighted by Gasteiger charge is -2.25. The van der Waals surface area contributed by atoms with Gasteiger partial charge in [0.2, 0.25) is 10.0 Å². The van der Waals surface area contributed by atoms with Crippen LogP contribution in [0.3, 0.4) is 0 Å². The number of pyridine rings is 1. The van der Waals surface area contributed by atoms with Gasteiger partial charge < -0.3 is 5.32 Å². The van der Waals surface area contributed by atoms with Crippen LogP contribution >= 0.6 is 0 Å². The van der Waals surface area contributed by atoms with Crippen molar-refractivity contribution in [3.8, 4) is 0 Å². The molecule has 1 aromatic rings. The van der Waals surface area contributed by atoms with E-state index in [4.69, 9.17) is 0 Å². The minimum Gasteiger partial charge on any atom is -0.370 e. The van der Waals surface area contributed by atoms with E-state index in [1.165, 1.54) is 6.20 Å². The van der Waals surface area contributed by atoms with Crippen molar-refractivity contribution in [2.75, 3.05) is 18.4 Å². The second-order valence-electron chi connectivity index (χ2n) is 5.92. The zero-order valence-corrected chi connectivity index (χ0v) is 13.9. The molecule has 0 atom stereocenters. The summed E-state index contributed by atoms with van der Waals surface area (Å²) in [5, 5.41) is 3.15. The van der Waals surface area contributed by atoms with Gasteiger partial charge in [-0.3, -0.25) is 0 Å². The molecule has 6 heteroatoms. The zero-order chi connectivity index (χ0) is 15.5. The Morgan fingerprint density at radius 1 is 1.38 bits per heavy atom. The predicted octanol–water partition coefficient (Wildman–Crippen LogP) is 2.71. The van der Waals surface area contributed by atoms with Crippen molar-refractivity contribution in [1.82, 2.24) is 9.29 Å². The van der Waals surface area contributed by atoms with Crippen LogP contribution < -0.4 is 5.32 Å². The van der Waals surface area contributed by atoms with Gasteiger partial charge in [0.15, 0.2) is 0 Å². The lowest BCUT2D eigenvalue weighted by atomic mass is 10.3. The van der Waals surface area contributed by atoms with E-state index < -0.39 is 10.0 Å². The van der Waals surface area contributed by atoms with Crippen LogP contribution in [0, 0.1) is 5.92 Å². The van der Waals surface area contributed by atoms with Crippen molar-refractivity contribution in [2.24, 2.45) is 5.92 Å². The molecule has 0 unspecified atom stereocenters. The van der Waals surface area contributed by atoms with Crippen LogP contribution in [0.15, 0.2) is 23.2 Å². The van der Waals surface area contributed by atoms with E-state index in [1.807, 2.05) is 13.8 Å². The van der Waals surface area contributed by atoms with Crippen LogP contribution in [0.1, 0.15) is 40.0 Å². The molecule has 1 aliphatic carbocycles. The molecule has 21 heavy (non-hydrogen) atoms. The number of nitrogens with zero attached hydrogens (tertiary/aromatic N) is 2. The van der Waals surface area contributed by atoms with Gasteiger partial charge in [-0.2, -0.15) is 4.31 Å². The third-order valence-electron chi connectivity index (χ3n) is 3.61. The molecule has 1 fully saturated rings. The number of anilines is 1. The summed E-state index contributed by atoms with van der Waals surface area (Å²) in [5.74, 6) is 1.25. The Kier molecular flexibility index (Phi) is 5.22. The SMILES string of the molecule is CCCNc1ccc(S(=O)(=O)N(CC2CC2)C(C)C)cn1. The summed E-state index contributed by atoms with van der Waals surface area (Å²) in [6.07, 6.45) is 4.73. The average Bonchev–Trinajstić information content (AvgIpc) is 3.26. The third kappa shape index (κ3) is 4.17. The lowest BCUT2D eigenvalue weighted by molar-refractivity contribution is 0.341. The second-order valence-corrected chi connectivity index (χ2v) is 7.81. The predicted molar refractivity (Wildman–Crippen MR) is 84.8 cm³/mol. The first kappa shape index (κ1) is 16.2. The van der Waals surface area contributed by atoms with E-state index in [0.717, 1.165) is 25.8 Å². The molecule has 2 rings (SSSR count). The highest BCUT2D eigenvalue weighted by Gasteiger charge is 2.33. The van der Waals surface area contributed by atoms with Gasteiger partial charge >= 0.3 is 0 Å². The molecule has 0 spiro atoms. The minimum absolute atomic E-state index is 0.0338. The summed E-state index contributed by atoms with van der Waals surface area (Å²) in [5.41, 5.74) is 0. The lowest BCUT2D eigenvalue weighted by Crippen LogP contribution is -2.38. The van der Waals surface area contributed by atoms with Crippen molar-refractivity contribution in [2.45, 2.75) is 51.0 Å². The van der Waals surface area contributed by atoms with Gasteiger partial charge in [-0.1, -0.05) is 6.92 Å². The Hall–Kier alpha value is -1.14. The molecule has 118 valence electrons. The van der Waals surface area contributed by atoms with E-state index >= 15 is 0 Å². The van der Waals surface area contributed by atoms with Crippen LogP contribution in [0.2, 0.25) is 0 Å². The summed E-state index contributed by atoms with van der Waals surface area (Å²) >= 11 is 0. The molecule has 0 aliphatic heterocycles. The topological polar surface area (TPSA) is 62.3 Å². The number of aromatic nitrogens is 1. The van der Waals surface area contributed by atoms with E-state index in [2.05, 4.69) is 17.2 Å². The monoisotopic (exact) mass is 311 g/mol. The number of nitrogens with one attached hydrogen (secondary N) is 1. The number of rotatable bonds is 8.